The zero-order valence-electron chi connectivity index (χ0n) is 18.2. The zero-order valence-corrected chi connectivity index (χ0v) is 21.1. The maximum Gasteiger partial charge on any atom is 4.00 e. The van der Waals surface area contributed by atoms with E-state index in [0.717, 1.165) is 51.4 Å². The van der Waals surface area contributed by atoms with E-state index in [1.165, 1.54) is 0 Å². The number of carbonyl (C=O) groups is 4. The summed E-state index contributed by atoms with van der Waals surface area (Å²) in [5.41, 5.74) is 0. The van der Waals surface area contributed by atoms with E-state index in [1.807, 2.05) is 27.7 Å². The van der Waals surface area contributed by atoms with Crippen LogP contribution in [0.2, 0.25) is 0 Å². The molecule has 8 nitrogen and oxygen atoms in total. The van der Waals surface area contributed by atoms with Crippen molar-refractivity contribution in [3.63, 3.8) is 0 Å². The molecule has 0 aliphatic heterocycles. The molecule has 0 rings (SSSR count). The van der Waals surface area contributed by atoms with E-state index in [1.54, 1.807) is 0 Å². The van der Waals surface area contributed by atoms with E-state index in [2.05, 4.69) is 0 Å². The van der Waals surface area contributed by atoms with Gasteiger partial charge in [0.2, 0.25) is 0 Å². The average molecular weight is 588 g/mol. The van der Waals surface area contributed by atoms with Crippen LogP contribution in [0.4, 0.5) is 0 Å². The number of hydrogen-bond donors (Lipinski definition) is 0. The van der Waals surface area contributed by atoms with Gasteiger partial charge in [-0.1, -0.05) is 53.4 Å². The summed E-state index contributed by atoms with van der Waals surface area (Å²) in [5.74, 6) is -3.77. The van der Waals surface area contributed by atoms with Crippen molar-refractivity contribution in [2.75, 3.05) is 0 Å². The molecule has 0 aliphatic carbocycles. The predicted octanol–water partition coefficient (Wildman–Crippen LogP) is -0.296. The minimum atomic E-state index is -0.943. The Morgan fingerprint density at radius 1 is 0.448 bits per heavy atom. The molecule has 0 spiro atoms. The molecule has 0 saturated carbocycles. The fraction of sp³-hybridized carbons (Fsp3) is 0.800. The number of carboxylic acids is 4. The van der Waals surface area contributed by atoms with Crippen molar-refractivity contribution in [1.82, 2.24) is 0 Å². The molecule has 0 N–H and O–H groups in total. The van der Waals surface area contributed by atoms with Crippen LogP contribution in [0.3, 0.4) is 0 Å². The molecule has 0 aromatic heterocycles. The van der Waals surface area contributed by atoms with Crippen LogP contribution in [-0.4, -0.2) is 23.9 Å². The Labute approximate surface area is 189 Å². The van der Waals surface area contributed by atoms with Gasteiger partial charge in [-0.2, -0.15) is 0 Å². The average Bonchev–Trinajstić information content (AvgIpc) is 2.62. The first-order valence-electron chi connectivity index (χ1n) is 9.88. The normalized spacial score (nSPS) is 8.41. The molecule has 0 atom stereocenters. The first-order valence-corrected chi connectivity index (χ1v) is 9.88. The first-order chi connectivity index (χ1) is 13.1. The second kappa shape index (κ2) is 34.1. The minimum absolute atomic E-state index is 0. The van der Waals surface area contributed by atoms with E-state index in [0.29, 0.717) is 0 Å². The summed E-state index contributed by atoms with van der Waals surface area (Å²) < 4.78 is 0. The van der Waals surface area contributed by atoms with Gasteiger partial charge in [0, 0.05) is 23.9 Å². The van der Waals surface area contributed by atoms with Gasteiger partial charge in [0.05, 0.1) is 0 Å². The summed E-state index contributed by atoms with van der Waals surface area (Å²) in [7, 11) is 0. The summed E-state index contributed by atoms with van der Waals surface area (Å²) in [6.45, 7) is 7.79. The molecule has 0 unspecified atom stereocenters. The van der Waals surface area contributed by atoms with Gasteiger partial charge in [0.15, 0.2) is 0 Å². The quantitative estimate of drug-likeness (QED) is 0.301. The number of carboxylic acid groups (broad SMARTS) is 4. The molecule has 29 heavy (non-hydrogen) atoms. The van der Waals surface area contributed by atoms with Crippen molar-refractivity contribution in [1.29, 1.82) is 0 Å². The standard InChI is InChI=1S/4C5H10O2.W/c4*1-2-3-4-5(6)7;/h4*2-4H2,1H3,(H,6,7);/q;;;;+4/p-4. The molecule has 170 valence electrons. The van der Waals surface area contributed by atoms with Crippen LogP contribution in [0.25, 0.3) is 0 Å². The van der Waals surface area contributed by atoms with E-state index in [4.69, 9.17) is 0 Å². The fourth-order valence-corrected chi connectivity index (χ4v) is 1.28. The number of hydrogen-bond acceptors (Lipinski definition) is 8. The molecule has 0 radical (unpaired) electrons. The van der Waals surface area contributed by atoms with Gasteiger partial charge >= 0.3 is 21.1 Å². The molecule has 0 aromatic carbocycles. The van der Waals surface area contributed by atoms with Gasteiger partial charge in [0.1, 0.15) is 0 Å². The topological polar surface area (TPSA) is 161 Å². The third-order valence-corrected chi connectivity index (χ3v) is 2.94. The van der Waals surface area contributed by atoms with Crippen molar-refractivity contribution in [2.45, 2.75) is 105 Å². The van der Waals surface area contributed by atoms with Crippen molar-refractivity contribution < 1.29 is 60.7 Å². The monoisotopic (exact) mass is 588 g/mol. The first kappa shape index (κ1) is 38.2. The van der Waals surface area contributed by atoms with E-state index in [-0.39, 0.29) is 46.7 Å². The van der Waals surface area contributed by atoms with E-state index < -0.39 is 23.9 Å². The largest absolute Gasteiger partial charge is 4.00 e. The van der Waals surface area contributed by atoms with Gasteiger partial charge in [-0.05, 0) is 51.4 Å². The number of aliphatic carboxylic acids is 4. The van der Waals surface area contributed by atoms with Gasteiger partial charge in [-0.3, -0.25) is 0 Å². The molecular weight excluding hydrogens is 552 g/mol. The molecule has 9 heteroatoms. The maximum atomic E-state index is 9.65. The van der Waals surface area contributed by atoms with Crippen molar-refractivity contribution >= 4 is 23.9 Å². The van der Waals surface area contributed by atoms with E-state index in [9.17, 15) is 39.6 Å². The molecule has 0 amide bonds. The molecule has 0 fully saturated rings. The number of rotatable bonds is 12. The Hall–Kier alpha value is -1.43. The molecule has 0 aliphatic rings. The van der Waals surface area contributed by atoms with E-state index >= 15 is 0 Å². The van der Waals surface area contributed by atoms with Gasteiger partial charge in [0.25, 0.3) is 0 Å². The van der Waals surface area contributed by atoms with Gasteiger partial charge < -0.3 is 39.6 Å². The van der Waals surface area contributed by atoms with Crippen LogP contribution in [0.5, 0.6) is 0 Å². The molecule has 0 bridgehead atoms. The summed E-state index contributed by atoms with van der Waals surface area (Å²) in [4.78, 5) is 38.6. The third kappa shape index (κ3) is 75.6. The molecule has 0 aromatic rings. The predicted molar refractivity (Wildman–Crippen MR) is 98.1 cm³/mol. The van der Waals surface area contributed by atoms with Crippen LogP contribution >= 0.6 is 0 Å². The number of unbranched alkanes of at least 4 members (excludes halogenated alkanes) is 4. The summed E-state index contributed by atoms with van der Waals surface area (Å²) in [5, 5.41) is 38.6. The molecule has 0 saturated heterocycles. The maximum absolute atomic E-state index is 9.65. The van der Waals surface area contributed by atoms with Crippen molar-refractivity contribution in [3.05, 3.63) is 0 Å². The minimum Gasteiger partial charge on any atom is -0.550 e. The van der Waals surface area contributed by atoms with Gasteiger partial charge in [-0.25, -0.2) is 0 Å². The van der Waals surface area contributed by atoms with Crippen LogP contribution in [0, 0.1) is 0 Å². The Morgan fingerprint density at radius 2 is 0.586 bits per heavy atom. The van der Waals surface area contributed by atoms with Crippen LogP contribution in [-0.2, 0) is 40.2 Å². The number of carbonyl (C=O) groups excluding carboxylic acids is 4. The fourth-order valence-electron chi connectivity index (χ4n) is 1.28. The second-order valence-corrected chi connectivity index (χ2v) is 5.90. The SMILES string of the molecule is CCCCC(=O)[O-].CCCCC(=O)[O-].CCCCC(=O)[O-].CCCCC(=O)[O-].[W+4]. The Balaban J connectivity index is -0.0000000873. The summed E-state index contributed by atoms with van der Waals surface area (Å²) >= 11 is 0. The van der Waals surface area contributed by atoms with Crippen molar-refractivity contribution in [2.24, 2.45) is 0 Å². The zero-order chi connectivity index (χ0) is 22.8. The Bertz CT molecular complexity index is 315. The van der Waals surface area contributed by atoms with Crippen LogP contribution in [0.1, 0.15) is 105 Å². The smallest absolute Gasteiger partial charge is 0.550 e. The van der Waals surface area contributed by atoms with Gasteiger partial charge in [-0.15, -0.1) is 0 Å². The van der Waals surface area contributed by atoms with Crippen molar-refractivity contribution in [3.8, 4) is 0 Å². The van der Waals surface area contributed by atoms with Crippen LogP contribution < -0.4 is 20.4 Å². The molecule has 0 heterocycles. The second-order valence-electron chi connectivity index (χ2n) is 5.90. The molecular formula is C20H36O8W. The Morgan fingerprint density at radius 3 is 0.621 bits per heavy atom. The Kier molecular flexibility index (Phi) is 44.9. The van der Waals surface area contributed by atoms with Crippen LogP contribution in [0.15, 0.2) is 0 Å². The summed E-state index contributed by atoms with van der Waals surface area (Å²) in [6.07, 6.45) is 7.47. The summed E-state index contributed by atoms with van der Waals surface area (Å²) in [6, 6.07) is 0. The third-order valence-electron chi connectivity index (χ3n) is 2.94.